The van der Waals surface area contributed by atoms with Crippen LogP contribution in [0.2, 0.25) is 0 Å². The summed E-state index contributed by atoms with van der Waals surface area (Å²) in [5.41, 5.74) is 7.03. The lowest BCUT2D eigenvalue weighted by Crippen LogP contribution is -2.22. The van der Waals surface area contributed by atoms with Crippen molar-refractivity contribution < 1.29 is 34.5 Å². The highest BCUT2D eigenvalue weighted by atomic mass is 32.2. The Balaban J connectivity index is 1.21. The van der Waals surface area contributed by atoms with E-state index in [0.717, 1.165) is 33.9 Å². The molecule has 0 radical (unpaired) electrons. The Morgan fingerprint density at radius 2 is 1.06 bits per heavy atom. The topological polar surface area (TPSA) is 145 Å². The molecule has 0 aliphatic carbocycles. The van der Waals surface area contributed by atoms with Gasteiger partial charge < -0.3 is 14.5 Å². The molecule has 0 spiro atoms. The highest BCUT2D eigenvalue weighted by Gasteiger charge is 2.35. The first-order valence-corrected chi connectivity index (χ1v) is 21.6. The fourth-order valence-electron chi connectivity index (χ4n) is 7.65. The maximum absolute atomic E-state index is 12.8. The van der Waals surface area contributed by atoms with Crippen LogP contribution in [-0.4, -0.2) is 79.7 Å². The van der Waals surface area contributed by atoms with Gasteiger partial charge in [0.1, 0.15) is 11.5 Å². The predicted octanol–water partition coefficient (Wildman–Crippen LogP) is 6.11. The average Bonchev–Trinajstić information content (AvgIpc) is 3.77. The monoisotopic (exact) mass is 786 g/mol. The first-order chi connectivity index (χ1) is 25.6. The number of nitrogens with zero attached hydrogens (tertiary/aromatic N) is 4. The molecule has 3 aliphatic heterocycles. The number of sulfonamides is 2. The van der Waals surface area contributed by atoms with Crippen LogP contribution in [0.1, 0.15) is 33.7 Å². The van der Waals surface area contributed by atoms with Gasteiger partial charge in [0, 0.05) is 93.2 Å². The number of rotatable bonds is 8. The normalized spacial score (nSPS) is 15.6. The average molecular weight is 787 g/mol. The van der Waals surface area contributed by atoms with Crippen molar-refractivity contribution in [3.8, 4) is 11.5 Å². The summed E-state index contributed by atoms with van der Waals surface area (Å²) < 4.78 is 96.1. The summed E-state index contributed by atoms with van der Waals surface area (Å²) in [6.07, 6.45) is 1.28. The molecule has 12 nitrogen and oxygen atoms in total. The smallest absolute Gasteiger partial charge is 0.294 e. The summed E-state index contributed by atoms with van der Waals surface area (Å²) in [6, 6.07) is 28.2. The van der Waals surface area contributed by atoms with Crippen LogP contribution in [0.4, 0.5) is 22.7 Å². The maximum Gasteiger partial charge on any atom is 0.294 e. The van der Waals surface area contributed by atoms with Crippen molar-refractivity contribution in [2.45, 2.75) is 33.4 Å². The van der Waals surface area contributed by atoms with E-state index in [9.17, 15) is 29.8 Å². The number of benzene rings is 5. The van der Waals surface area contributed by atoms with E-state index in [1.165, 1.54) is 42.9 Å². The molecule has 0 saturated heterocycles. The van der Waals surface area contributed by atoms with Gasteiger partial charge in [0.15, 0.2) is 0 Å². The summed E-state index contributed by atoms with van der Waals surface area (Å²) in [6.45, 7) is 1.22. The molecule has 15 heteroatoms. The van der Waals surface area contributed by atoms with Gasteiger partial charge in [0.25, 0.3) is 10.1 Å². The Morgan fingerprint density at radius 1 is 0.593 bits per heavy atom. The van der Waals surface area contributed by atoms with E-state index in [1.807, 2.05) is 48.5 Å². The molecule has 3 heterocycles. The number of fused-ring (bicyclic) bond motifs is 4. The van der Waals surface area contributed by atoms with Crippen LogP contribution in [0.25, 0.3) is 0 Å². The molecule has 0 unspecified atom stereocenters. The molecule has 5 aromatic carbocycles. The summed E-state index contributed by atoms with van der Waals surface area (Å²) >= 11 is 0. The number of hydrogen-bond acceptors (Lipinski definition) is 9. The second-order valence-corrected chi connectivity index (χ2v) is 19.6. The molecule has 0 bridgehead atoms. The Hall–Kier alpha value is -4.77. The minimum atomic E-state index is -4.59. The first-order valence-electron chi connectivity index (χ1n) is 17.2. The molecule has 0 aromatic heterocycles. The zero-order valence-corrected chi connectivity index (χ0v) is 32.4. The van der Waals surface area contributed by atoms with Crippen LogP contribution in [-0.2, 0) is 43.0 Å². The van der Waals surface area contributed by atoms with E-state index in [2.05, 4.69) is 9.80 Å². The quantitative estimate of drug-likeness (QED) is 0.180. The molecule has 1 N–H and O–H groups in total. The van der Waals surface area contributed by atoms with Gasteiger partial charge in [-0.25, -0.2) is 25.4 Å². The van der Waals surface area contributed by atoms with Crippen molar-refractivity contribution >= 4 is 52.9 Å². The standard InChI is InChI=1S/C39H38N4O8S3/c1-40(2)52(44,45)29-11-15-34-25(21-29)17-19-42(34)27-9-13-31-36(23-27)51-37-24-28(10-14-32(37)39(31)33-7-5-6-8-38(33)54(48,49)50)43-20-18-26-22-30(12-16-35(26)43)53(46,47)41(3)4/h5-16,21-24,39H,17-20H2,1-4H3,(H,48,49,50). The second kappa shape index (κ2) is 12.9. The predicted molar refractivity (Wildman–Crippen MR) is 206 cm³/mol. The van der Waals surface area contributed by atoms with Crippen LogP contribution >= 0.6 is 0 Å². The Labute approximate surface area is 315 Å². The number of hydrogen-bond donors (Lipinski definition) is 1. The van der Waals surface area contributed by atoms with Gasteiger partial charge in [0.05, 0.1) is 14.7 Å². The molecule has 0 amide bonds. The van der Waals surface area contributed by atoms with Crippen LogP contribution < -0.4 is 14.5 Å². The van der Waals surface area contributed by atoms with E-state index < -0.39 is 36.1 Å². The lowest BCUT2D eigenvalue weighted by atomic mass is 9.82. The third-order valence-corrected chi connectivity index (χ3v) is 15.0. The van der Waals surface area contributed by atoms with Gasteiger partial charge in [-0.15, -0.1) is 0 Å². The fraction of sp³-hybridized carbons (Fsp3) is 0.231. The molecule has 280 valence electrons. The van der Waals surface area contributed by atoms with Gasteiger partial charge in [-0.3, -0.25) is 4.55 Å². The first kappa shape index (κ1) is 36.2. The largest absolute Gasteiger partial charge is 0.457 e. The van der Waals surface area contributed by atoms with Gasteiger partial charge in [-0.1, -0.05) is 30.3 Å². The molecular weight excluding hydrogens is 749 g/mol. The number of ether oxygens (including phenoxy) is 1. The van der Waals surface area contributed by atoms with Gasteiger partial charge in [-0.05, 0) is 84.1 Å². The van der Waals surface area contributed by atoms with Crippen molar-refractivity contribution in [3.05, 3.63) is 125 Å². The SMILES string of the molecule is CN(C)S(=O)(=O)c1ccc2c(c1)CCN2c1ccc2c(c1)Oc1cc(N3CCc4cc(S(=O)(=O)N(C)C)ccc43)ccc1C2c1ccccc1S(=O)(=O)O. The van der Waals surface area contributed by atoms with E-state index >= 15 is 0 Å². The summed E-state index contributed by atoms with van der Waals surface area (Å²) in [5.74, 6) is 0.403. The molecular formula is C39H38N4O8S3. The summed E-state index contributed by atoms with van der Waals surface area (Å²) in [7, 11) is -5.76. The lowest BCUT2D eigenvalue weighted by molar-refractivity contribution is 0.451. The van der Waals surface area contributed by atoms with Crippen LogP contribution in [0.5, 0.6) is 11.5 Å². The van der Waals surface area contributed by atoms with Crippen molar-refractivity contribution in [3.63, 3.8) is 0 Å². The third-order valence-electron chi connectivity index (χ3n) is 10.4. The number of anilines is 4. The minimum Gasteiger partial charge on any atom is -0.457 e. The third kappa shape index (κ3) is 5.95. The van der Waals surface area contributed by atoms with Crippen LogP contribution in [0.3, 0.4) is 0 Å². The van der Waals surface area contributed by atoms with Crippen molar-refractivity contribution in [2.75, 3.05) is 51.1 Å². The van der Waals surface area contributed by atoms with Gasteiger partial charge >= 0.3 is 0 Å². The molecule has 0 fully saturated rings. The van der Waals surface area contributed by atoms with Gasteiger partial charge in [-0.2, -0.15) is 8.42 Å². The van der Waals surface area contributed by atoms with E-state index in [1.54, 1.807) is 42.5 Å². The maximum atomic E-state index is 12.8. The van der Waals surface area contributed by atoms with Crippen molar-refractivity contribution in [1.82, 2.24) is 8.61 Å². The summed E-state index contributed by atoms with van der Waals surface area (Å²) in [5, 5.41) is 0. The van der Waals surface area contributed by atoms with E-state index in [-0.39, 0.29) is 14.7 Å². The molecule has 0 saturated carbocycles. The molecule has 54 heavy (non-hydrogen) atoms. The molecule has 0 atom stereocenters. The van der Waals surface area contributed by atoms with Crippen LogP contribution in [0.15, 0.2) is 112 Å². The Kier molecular flexibility index (Phi) is 8.67. The highest BCUT2D eigenvalue weighted by molar-refractivity contribution is 7.89. The van der Waals surface area contributed by atoms with Gasteiger partial charge in [0.2, 0.25) is 20.0 Å². The summed E-state index contributed by atoms with van der Waals surface area (Å²) in [4.78, 5) is 4.47. The Bertz CT molecular complexity index is 2550. The molecule has 3 aliphatic rings. The van der Waals surface area contributed by atoms with E-state index in [4.69, 9.17) is 4.74 Å². The van der Waals surface area contributed by atoms with Crippen molar-refractivity contribution in [1.29, 1.82) is 0 Å². The van der Waals surface area contributed by atoms with E-state index in [0.29, 0.717) is 54.1 Å². The zero-order valence-electron chi connectivity index (χ0n) is 30.0. The lowest BCUT2D eigenvalue weighted by Gasteiger charge is -2.32. The zero-order chi connectivity index (χ0) is 38.3. The molecule has 8 rings (SSSR count). The minimum absolute atomic E-state index is 0.198. The van der Waals surface area contributed by atoms with Crippen LogP contribution in [0, 0.1) is 0 Å². The molecule has 5 aromatic rings. The second-order valence-electron chi connectivity index (χ2n) is 14.0. The van der Waals surface area contributed by atoms with Crippen molar-refractivity contribution in [2.24, 2.45) is 0 Å². The Morgan fingerprint density at radius 3 is 1.50 bits per heavy atom. The highest BCUT2D eigenvalue weighted by Crippen LogP contribution is 2.52. The fourth-order valence-corrected chi connectivity index (χ4v) is 10.3.